The van der Waals surface area contributed by atoms with Gasteiger partial charge in [-0.05, 0) is 37.5 Å². The lowest BCUT2D eigenvalue weighted by Crippen LogP contribution is -2.36. The monoisotopic (exact) mass is 311 g/mol. The number of aromatic carboxylic acids is 1. The van der Waals surface area contributed by atoms with Gasteiger partial charge in [-0.3, -0.25) is 4.79 Å². The molecule has 0 atom stereocenters. The average molecular weight is 312 g/mol. The number of benzene rings is 1. The number of carbonyl (C=O) groups excluding carboxylic acids is 1. The quantitative estimate of drug-likeness (QED) is 0.898. The number of carboxylic acids is 1. The number of carbonyl (C=O) groups is 2. The number of halogens is 1. The summed E-state index contributed by atoms with van der Waals surface area (Å²) in [4.78, 5) is 23.0. The minimum atomic E-state index is -1.04. The molecule has 0 spiro atoms. The van der Waals surface area contributed by atoms with E-state index in [4.69, 9.17) is 5.11 Å². The van der Waals surface area contributed by atoms with Crippen molar-refractivity contribution in [1.29, 1.82) is 0 Å². The van der Waals surface area contributed by atoms with Gasteiger partial charge in [0.2, 0.25) is 0 Å². The fourth-order valence-electron chi connectivity index (χ4n) is 1.88. The van der Waals surface area contributed by atoms with Gasteiger partial charge in [-0.15, -0.1) is 0 Å². The second-order valence-electron chi connectivity index (χ2n) is 4.62. The molecule has 1 aromatic rings. The number of nitrogens with one attached hydrogen (secondary N) is 1. The van der Waals surface area contributed by atoms with Crippen molar-refractivity contribution in [3.05, 3.63) is 33.8 Å². The minimum absolute atomic E-state index is 0.0667. The smallest absolute Gasteiger partial charge is 0.335 e. The Morgan fingerprint density at radius 3 is 2.44 bits per heavy atom. The van der Waals surface area contributed by atoms with Crippen molar-refractivity contribution in [2.45, 2.75) is 31.7 Å². The predicted octanol–water partition coefficient (Wildman–Crippen LogP) is 2.82. The zero-order chi connectivity index (χ0) is 13.3. The Bertz CT molecular complexity index is 509. The zero-order valence-corrected chi connectivity index (χ0v) is 11.6. The third-order valence-corrected chi connectivity index (χ3v) is 3.77. The van der Waals surface area contributed by atoms with Crippen molar-refractivity contribution < 1.29 is 14.7 Å². The second kappa shape index (κ2) is 4.72. The van der Waals surface area contributed by atoms with E-state index in [0.29, 0.717) is 10.0 Å². The van der Waals surface area contributed by atoms with Crippen LogP contribution in [0.5, 0.6) is 0 Å². The summed E-state index contributed by atoms with van der Waals surface area (Å²) in [6.07, 6.45) is 2.89. The minimum Gasteiger partial charge on any atom is -0.478 e. The van der Waals surface area contributed by atoms with Crippen LogP contribution in [0.1, 0.15) is 46.9 Å². The molecule has 18 heavy (non-hydrogen) atoms. The highest BCUT2D eigenvalue weighted by atomic mass is 79.9. The standard InChI is InChI=1S/C13H14BrNO3/c1-2-13(3-4-13)15-11(16)8-5-9(12(17)18)7-10(14)6-8/h5-7H,2-4H2,1H3,(H,15,16)(H,17,18). The largest absolute Gasteiger partial charge is 0.478 e. The molecule has 2 rings (SSSR count). The summed E-state index contributed by atoms with van der Waals surface area (Å²) in [5, 5.41) is 11.9. The summed E-state index contributed by atoms with van der Waals surface area (Å²) in [5.41, 5.74) is 0.417. The predicted molar refractivity (Wildman–Crippen MR) is 70.8 cm³/mol. The van der Waals surface area contributed by atoms with Gasteiger partial charge in [0.15, 0.2) is 0 Å². The van der Waals surface area contributed by atoms with Crippen LogP contribution in [0, 0.1) is 0 Å². The van der Waals surface area contributed by atoms with E-state index in [1.165, 1.54) is 12.1 Å². The van der Waals surface area contributed by atoms with Gasteiger partial charge in [0, 0.05) is 15.6 Å². The van der Waals surface area contributed by atoms with E-state index < -0.39 is 5.97 Å². The first-order valence-corrected chi connectivity index (χ1v) is 6.61. The molecule has 1 aliphatic rings. The van der Waals surface area contributed by atoms with Crippen molar-refractivity contribution in [3.8, 4) is 0 Å². The van der Waals surface area contributed by atoms with Crippen molar-refractivity contribution in [2.24, 2.45) is 0 Å². The summed E-state index contributed by atoms with van der Waals surface area (Å²) >= 11 is 3.22. The Balaban J connectivity index is 2.22. The molecule has 96 valence electrons. The van der Waals surface area contributed by atoms with Gasteiger partial charge < -0.3 is 10.4 Å². The summed E-state index contributed by atoms with van der Waals surface area (Å²) < 4.78 is 0.592. The molecular weight excluding hydrogens is 298 g/mol. The zero-order valence-electron chi connectivity index (χ0n) is 10.00. The van der Waals surface area contributed by atoms with Crippen LogP contribution in [-0.2, 0) is 0 Å². The number of hydrogen-bond acceptors (Lipinski definition) is 2. The van der Waals surface area contributed by atoms with Gasteiger partial charge in [-0.2, -0.15) is 0 Å². The lowest BCUT2D eigenvalue weighted by Gasteiger charge is -2.15. The Hall–Kier alpha value is -1.36. The first kappa shape index (κ1) is 13.1. The molecule has 0 bridgehead atoms. The van der Waals surface area contributed by atoms with E-state index in [-0.39, 0.29) is 17.0 Å². The molecule has 0 aromatic heterocycles. The highest BCUT2D eigenvalue weighted by Crippen LogP contribution is 2.38. The summed E-state index contributed by atoms with van der Waals surface area (Å²) in [6.45, 7) is 2.04. The molecular formula is C13H14BrNO3. The topological polar surface area (TPSA) is 66.4 Å². The number of carboxylic acid groups (broad SMARTS) is 1. The summed E-state index contributed by atoms with van der Waals surface area (Å²) in [5.74, 6) is -1.25. The maximum atomic E-state index is 12.1. The van der Waals surface area contributed by atoms with E-state index in [9.17, 15) is 9.59 Å². The Kier molecular flexibility index (Phi) is 3.43. The van der Waals surface area contributed by atoms with Crippen LogP contribution in [0.15, 0.2) is 22.7 Å². The lowest BCUT2D eigenvalue weighted by molar-refractivity contribution is 0.0697. The van der Waals surface area contributed by atoms with E-state index in [1.54, 1.807) is 6.07 Å². The average Bonchev–Trinajstić information content (AvgIpc) is 3.08. The van der Waals surface area contributed by atoms with Gasteiger partial charge >= 0.3 is 5.97 Å². The fourth-order valence-corrected chi connectivity index (χ4v) is 2.37. The second-order valence-corrected chi connectivity index (χ2v) is 5.54. The van der Waals surface area contributed by atoms with Gasteiger partial charge in [0.1, 0.15) is 0 Å². The third kappa shape index (κ3) is 2.72. The van der Waals surface area contributed by atoms with Crippen molar-refractivity contribution >= 4 is 27.8 Å². The molecule has 5 heteroatoms. The van der Waals surface area contributed by atoms with Crippen LogP contribution in [0.4, 0.5) is 0 Å². The Morgan fingerprint density at radius 1 is 1.33 bits per heavy atom. The van der Waals surface area contributed by atoms with Crippen LogP contribution < -0.4 is 5.32 Å². The van der Waals surface area contributed by atoms with Crippen LogP contribution in [0.2, 0.25) is 0 Å². The third-order valence-electron chi connectivity index (χ3n) is 3.32. The normalized spacial score (nSPS) is 16.1. The SMILES string of the molecule is CCC1(NC(=O)c2cc(Br)cc(C(=O)O)c2)CC1. The molecule has 0 unspecified atom stereocenters. The van der Waals surface area contributed by atoms with Crippen molar-refractivity contribution in [2.75, 3.05) is 0 Å². The molecule has 0 heterocycles. The fraction of sp³-hybridized carbons (Fsp3) is 0.385. The molecule has 1 aliphatic carbocycles. The van der Waals surface area contributed by atoms with Gasteiger partial charge in [0.25, 0.3) is 5.91 Å². The van der Waals surface area contributed by atoms with E-state index in [0.717, 1.165) is 19.3 Å². The lowest BCUT2D eigenvalue weighted by atomic mass is 10.1. The molecule has 0 aliphatic heterocycles. The van der Waals surface area contributed by atoms with Gasteiger partial charge in [-0.1, -0.05) is 22.9 Å². The summed E-state index contributed by atoms with van der Waals surface area (Å²) in [6, 6.07) is 4.51. The molecule has 0 radical (unpaired) electrons. The first-order chi connectivity index (χ1) is 8.46. The van der Waals surface area contributed by atoms with Crippen molar-refractivity contribution in [1.82, 2.24) is 5.32 Å². The molecule has 1 aromatic carbocycles. The van der Waals surface area contributed by atoms with E-state index in [1.807, 2.05) is 6.92 Å². The first-order valence-electron chi connectivity index (χ1n) is 5.82. The maximum Gasteiger partial charge on any atom is 0.335 e. The van der Waals surface area contributed by atoms with E-state index >= 15 is 0 Å². The number of amides is 1. The number of rotatable bonds is 4. The van der Waals surface area contributed by atoms with E-state index in [2.05, 4.69) is 21.2 Å². The van der Waals surface area contributed by atoms with Crippen LogP contribution in [0.3, 0.4) is 0 Å². The Morgan fingerprint density at radius 2 is 1.94 bits per heavy atom. The Labute approximate surface area is 114 Å². The maximum absolute atomic E-state index is 12.1. The van der Waals surface area contributed by atoms with Crippen LogP contribution in [0.25, 0.3) is 0 Å². The molecule has 1 amide bonds. The molecule has 1 fully saturated rings. The van der Waals surface area contributed by atoms with Gasteiger partial charge in [-0.25, -0.2) is 4.79 Å². The highest BCUT2D eigenvalue weighted by molar-refractivity contribution is 9.10. The molecule has 2 N–H and O–H groups in total. The van der Waals surface area contributed by atoms with Gasteiger partial charge in [0.05, 0.1) is 5.56 Å². The molecule has 1 saturated carbocycles. The highest BCUT2D eigenvalue weighted by Gasteiger charge is 2.42. The van der Waals surface area contributed by atoms with Crippen LogP contribution in [-0.4, -0.2) is 22.5 Å². The number of hydrogen-bond donors (Lipinski definition) is 2. The van der Waals surface area contributed by atoms with Crippen LogP contribution >= 0.6 is 15.9 Å². The molecule has 4 nitrogen and oxygen atoms in total. The molecule has 0 saturated heterocycles. The summed E-state index contributed by atoms with van der Waals surface area (Å²) in [7, 11) is 0. The van der Waals surface area contributed by atoms with Crippen molar-refractivity contribution in [3.63, 3.8) is 0 Å².